The van der Waals surface area contributed by atoms with E-state index in [9.17, 15) is 4.79 Å². The zero-order valence-electron chi connectivity index (χ0n) is 12.2. The van der Waals surface area contributed by atoms with Gasteiger partial charge in [-0.2, -0.15) is 0 Å². The Morgan fingerprint density at radius 1 is 1.24 bits per heavy atom. The number of halogens is 1. The second-order valence-electron chi connectivity index (χ2n) is 4.54. The van der Waals surface area contributed by atoms with Gasteiger partial charge in [0.25, 0.3) is 5.91 Å². The van der Waals surface area contributed by atoms with E-state index in [2.05, 4.69) is 15.8 Å². The van der Waals surface area contributed by atoms with E-state index in [1.807, 2.05) is 37.4 Å². The normalized spacial score (nSPS) is 10.0. The topological polar surface area (TPSA) is 67.2 Å². The summed E-state index contributed by atoms with van der Waals surface area (Å²) in [5.41, 5.74) is 1.99. The van der Waals surface area contributed by atoms with Gasteiger partial charge in [0.15, 0.2) is 0 Å². The molecule has 21 heavy (non-hydrogen) atoms. The Morgan fingerprint density at radius 2 is 1.95 bits per heavy atom. The van der Waals surface area contributed by atoms with Crippen LogP contribution < -0.4 is 10.6 Å². The second-order valence-corrected chi connectivity index (χ2v) is 4.54. The summed E-state index contributed by atoms with van der Waals surface area (Å²) in [4.78, 5) is 12.3. The maximum absolute atomic E-state index is 12.3. The predicted molar refractivity (Wildman–Crippen MR) is 84.8 cm³/mol. The van der Waals surface area contributed by atoms with Gasteiger partial charge >= 0.3 is 0 Å². The van der Waals surface area contributed by atoms with E-state index in [1.54, 1.807) is 6.92 Å². The number of carbonyl (C=O) groups excluding carboxylic acids is 1. The van der Waals surface area contributed by atoms with Gasteiger partial charge in [0.05, 0.1) is 0 Å². The standard InChI is InChI=1S/C15H19N3O2.ClH/c1-11-13(15(19)17-10-6-9-16-2)14(18-20-11)12-7-4-3-5-8-12;/h3-5,7-8,16H,6,9-10H2,1-2H3,(H,17,19);1H. The fourth-order valence-corrected chi connectivity index (χ4v) is 1.99. The van der Waals surface area contributed by atoms with E-state index in [0.717, 1.165) is 18.5 Å². The molecule has 0 saturated carbocycles. The molecule has 0 saturated heterocycles. The first kappa shape index (κ1) is 17.2. The van der Waals surface area contributed by atoms with Crippen LogP contribution in [0.25, 0.3) is 11.3 Å². The molecule has 0 radical (unpaired) electrons. The molecule has 0 bridgehead atoms. The van der Waals surface area contributed by atoms with Gasteiger partial charge < -0.3 is 15.2 Å². The molecule has 1 aromatic carbocycles. The van der Waals surface area contributed by atoms with Crippen LogP contribution in [0.5, 0.6) is 0 Å². The van der Waals surface area contributed by atoms with Crippen molar-refractivity contribution >= 4 is 18.3 Å². The Labute approximate surface area is 130 Å². The van der Waals surface area contributed by atoms with Crippen molar-refractivity contribution in [3.63, 3.8) is 0 Å². The molecule has 114 valence electrons. The summed E-state index contributed by atoms with van der Waals surface area (Å²) in [7, 11) is 1.89. The molecule has 6 heteroatoms. The van der Waals surface area contributed by atoms with Gasteiger partial charge in [-0.05, 0) is 26.9 Å². The van der Waals surface area contributed by atoms with Crippen molar-refractivity contribution in [1.29, 1.82) is 0 Å². The van der Waals surface area contributed by atoms with E-state index < -0.39 is 0 Å². The van der Waals surface area contributed by atoms with Crippen LogP contribution >= 0.6 is 12.4 Å². The average Bonchev–Trinajstić information content (AvgIpc) is 2.86. The number of nitrogens with zero attached hydrogens (tertiary/aromatic N) is 1. The van der Waals surface area contributed by atoms with Gasteiger partial charge in [-0.15, -0.1) is 12.4 Å². The van der Waals surface area contributed by atoms with Crippen LogP contribution in [0.1, 0.15) is 22.5 Å². The molecule has 2 aromatic rings. The van der Waals surface area contributed by atoms with Gasteiger partial charge in [-0.25, -0.2) is 0 Å². The molecule has 0 atom stereocenters. The van der Waals surface area contributed by atoms with Crippen LogP contribution in [0.15, 0.2) is 34.9 Å². The third-order valence-electron chi connectivity index (χ3n) is 3.03. The summed E-state index contributed by atoms with van der Waals surface area (Å²) in [6, 6.07) is 9.57. The summed E-state index contributed by atoms with van der Waals surface area (Å²) < 4.78 is 5.18. The first-order valence-corrected chi connectivity index (χ1v) is 6.68. The lowest BCUT2D eigenvalue weighted by Crippen LogP contribution is -2.27. The second kappa shape index (κ2) is 8.44. The van der Waals surface area contributed by atoms with E-state index in [1.165, 1.54) is 0 Å². The highest BCUT2D eigenvalue weighted by Gasteiger charge is 2.20. The number of hydrogen-bond acceptors (Lipinski definition) is 4. The van der Waals surface area contributed by atoms with Crippen LogP contribution in [-0.2, 0) is 0 Å². The molecule has 2 N–H and O–H groups in total. The number of amides is 1. The van der Waals surface area contributed by atoms with Crippen LogP contribution in [0.3, 0.4) is 0 Å². The lowest BCUT2D eigenvalue weighted by molar-refractivity contribution is 0.0952. The van der Waals surface area contributed by atoms with Gasteiger partial charge in [0, 0.05) is 12.1 Å². The Hall–Kier alpha value is -1.85. The number of aromatic nitrogens is 1. The van der Waals surface area contributed by atoms with Crippen LogP contribution in [0.2, 0.25) is 0 Å². The van der Waals surface area contributed by atoms with Crippen molar-refractivity contribution < 1.29 is 9.32 Å². The SMILES string of the molecule is CNCCCNC(=O)c1c(-c2ccccc2)noc1C.Cl. The van der Waals surface area contributed by atoms with Crippen molar-refractivity contribution in [1.82, 2.24) is 15.8 Å². The maximum Gasteiger partial charge on any atom is 0.257 e. The minimum Gasteiger partial charge on any atom is -0.360 e. The Bertz CT molecular complexity index is 570. The van der Waals surface area contributed by atoms with Gasteiger partial charge in [0.1, 0.15) is 17.0 Å². The largest absolute Gasteiger partial charge is 0.360 e. The molecule has 0 unspecified atom stereocenters. The predicted octanol–water partition coefficient (Wildman–Crippen LogP) is 2.41. The molecule has 1 amide bonds. The summed E-state index contributed by atoms with van der Waals surface area (Å²) in [5.74, 6) is 0.397. The summed E-state index contributed by atoms with van der Waals surface area (Å²) in [6.07, 6.45) is 0.882. The number of hydrogen-bond donors (Lipinski definition) is 2. The van der Waals surface area contributed by atoms with Crippen LogP contribution in [0.4, 0.5) is 0 Å². The van der Waals surface area contributed by atoms with E-state index >= 15 is 0 Å². The van der Waals surface area contributed by atoms with Crippen molar-refractivity contribution in [2.75, 3.05) is 20.1 Å². The summed E-state index contributed by atoms with van der Waals surface area (Å²) in [5, 5.41) is 9.94. The zero-order valence-corrected chi connectivity index (χ0v) is 13.0. The molecule has 0 aliphatic rings. The van der Waals surface area contributed by atoms with Crippen molar-refractivity contribution in [2.45, 2.75) is 13.3 Å². The molecule has 0 fully saturated rings. The minimum atomic E-state index is -0.140. The number of benzene rings is 1. The fourth-order valence-electron chi connectivity index (χ4n) is 1.99. The van der Waals surface area contributed by atoms with E-state index in [4.69, 9.17) is 4.52 Å². The molecule has 0 spiro atoms. The van der Waals surface area contributed by atoms with Gasteiger partial charge in [-0.3, -0.25) is 4.79 Å². The Kier molecular flexibility index (Phi) is 6.91. The lowest BCUT2D eigenvalue weighted by Gasteiger charge is -2.05. The molecule has 0 aliphatic carbocycles. The molecule has 5 nitrogen and oxygen atoms in total. The molecular formula is C15H20ClN3O2. The van der Waals surface area contributed by atoms with Crippen molar-refractivity contribution in [3.05, 3.63) is 41.7 Å². The molecular weight excluding hydrogens is 290 g/mol. The monoisotopic (exact) mass is 309 g/mol. The third-order valence-corrected chi connectivity index (χ3v) is 3.03. The van der Waals surface area contributed by atoms with Crippen LogP contribution in [0, 0.1) is 6.92 Å². The fraction of sp³-hybridized carbons (Fsp3) is 0.333. The molecule has 2 rings (SSSR count). The van der Waals surface area contributed by atoms with Crippen molar-refractivity contribution in [2.24, 2.45) is 0 Å². The minimum absolute atomic E-state index is 0. The number of aryl methyl sites for hydroxylation is 1. The lowest BCUT2D eigenvalue weighted by atomic mass is 10.1. The third kappa shape index (κ3) is 4.31. The molecule has 0 aliphatic heterocycles. The zero-order chi connectivity index (χ0) is 14.4. The van der Waals surface area contributed by atoms with Crippen molar-refractivity contribution in [3.8, 4) is 11.3 Å². The number of nitrogens with one attached hydrogen (secondary N) is 2. The molecule has 1 aromatic heterocycles. The van der Waals surface area contributed by atoms with E-state index in [-0.39, 0.29) is 18.3 Å². The number of rotatable bonds is 6. The number of carbonyl (C=O) groups is 1. The average molecular weight is 310 g/mol. The van der Waals surface area contributed by atoms with Gasteiger partial charge in [0.2, 0.25) is 0 Å². The smallest absolute Gasteiger partial charge is 0.257 e. The highest BCUT2D eigenvalue weighted by molar-refractivity contribution is 6.00. The Morgan fingerprint density at radius 3 is 2.62 bits per heavy atom. The first-order chi connectivity index (χ1) is 9.74. The quantitative estimate of drug-likeness (QED) is 0.804. The highest BCUT2D eigenvalue weighted by Crippen LogP contribution is 2.24. The van der Waals surface area contributed by atoms with Crippen LogP contribution in [-0.4, -0.2) is 31.2 Å². The highest BCUT2D eigenvalue weighted by atomic mass is 35.5. The summed E-state index contributed by atoms with van der Waals surface area (Å²) >= 11 is 0. The maximum atomic E-state index is 12.3. The Balaban J connectivity index is 0.00000220. The summed E-state index contributed by atoms with van der Waals surface area (Å²) in [6.45, 7) is 3.24. The first-order valence-electron chi connectivity index (χ1n) is 6.68. The van der Waals surface area contributed by atoms with Gasteiger partial charge in [-0.1, -0.05) is 35.5 Å². The molecule has 1 heterocycles. The van der Waals surface area contributed by atoms with E-state index in [0.29, 0.717) is 23.6 Å².